The van der Waals surface area contributed by atoms with Gasteiger partial charge in [0.05, 0.1) is 0 Å². The van der Waals surface area contributed by atoms with Crippen molar-refractivity contribution in [1.82, 2.24) is 0 Å². The summed E-state index contributed by atoms with van der Waals surface area (Å²) in [6, 6.07) is 0. The van der Waals surface area contributed by atoms with E-state index in [1.54, 1.807) is 0 Å². The molecule has 2 nitrogen and oxygen atoms in total. The molecule has 0 aliphatic carbocycles. The molecule has 54 valence electrons. The van der Waals surface area contributed by atoms with Crippen LogP contribution in [-0.2, 0) is 4.74 Å². The van der Waals surface area contributed by atoms with E-state index in [1.165, 1.54) is 12.8 Å². The van der Waals surface area contributed by atoms with Crippen molar-refractivity contribution in [1.29, 1.82) is 0 Å². The monoisotopic (exact) mass is 167 g/mol. The predicted molar refractivity (Wildman–Crippen MR) is 37.7 cm³/mol. The molecule has 3 heteroatoms. The molecule has 0 spiro atoms. The topological polar surface area (TPSA) is 23.3 Å². The Bertz CT molecular complexity index is 71.3. The van der Waals surface area contributed by atoms with Crippen molar-refractivity contribution in [2.45, 2.75) is 12.8 Å². The van der Waals surface area contributed by atoms with Gasteiger partial charge in [0.1, 0.15) is 0 Å². The second-order valence-electron chi connectivity index (χ2n) is 2.58. The van der Waals surface area contributed by atoms with Crippen LogP contribution >= 0.6 is 0 Å². The molecule has 0 radical (unpaired) electrons. The fourth-order valence-corrected chi connectivity index (χ4v) is 1.21. The molecule has 0 amide bonds. The van der Waals surface area contributed by atoms with Gasteiger partial charge >= 0.3 is 51.4 Å². The maximum Gasteiger partial charge on any atom is 1.00 e. The Morgan fingerprint density at radius 1 is 1.60 bits per heavy atom. The molecule has 1 unspecified atom stereocenters. The SMILES string of the molecule is C[N-]CC1CCCOC1.[K+]. The van der Waals surface area contributed by atoms with Gasteiger partial charge in [0.15, 0.2) is 0 Å². The number of nitrogens with zero attached hydrogens (tertiary/aromatic N) is 1. The van der Waals surface area contributed by atoms with Crippen LogP contribution in [0.4, 0.5) is 0 Å². The molecule has 0 aromatic heterocycles. The predicted octanol–water partition coefficient (Wildman–Crippen LogP) is -1.58. The zero-order valence-corrected chi connectivity index (χ0v) is 10.1. The summed E-state index contributed by atoms with van der Waals surface area (Å²) in [7, 11) is 1.87. The van der Waals surface area contributed by atoms with Gasteiger partial charge in [0, 0.05) is 13.2 Å². The van der Waals surface area contributed by atoms with E-state index in [0.717, 1.165) is 19.8 Å². The van der Waals surface area contributed by atoms with Gasteiger partial charge in [0.25, 0.3) is 0 Å². The van der Waals surface area contributed by atoms with E-state index in [4.69, 9.17) is 4.74 Å². The Morgan fingerprint density at radius 2 is 2.40 bits per heavy atom. The van der Waals surface area contributed by atoms with Crippen molar-refractivity contribution < 1.29 is 56.1 Å². The molecule has 1 saturated heterocycles. The second-order valence-corrected chi connectivity index (χ2v) is 2.58. The summed E-state index contributed by atoms with van der Waals surface area (Å²) in [6.45, 7) is 2.87. The van der Waals surface area contributed by atoms with Crippen molar-refractivity contribution in [3.8, 4) is 0 Å². The number of rotatable bonds is 2. The minimum atomic E-state index is 0. The van der Waals surface area contributed by atoms with Crippen molar-refractivity contribution >= 4 is 0 Å². The van der Waals surface area contributed by atoms with Crippen LogP contribution in [0.15, 0.2) is 0 Å². The van der Waals surface area contributed by atoms with E-state index >= 15 is 0 Å². The fourth-order valence-electron chi connectivity index (χ4n) is 1.21. The minimum absolute atomic E-state index is 0. The molecule has 1 aliphatic rings. The normalized spacial score (nSPS) is 25.5. The van der Waals surface area contributed by atoms with Crippen LogP contribution in [0, 0.1) is 5.92 Å². The van der Waals surface area contributed by atoms with Gasteiger partial charge in [0.2, 0.25) is 0 Å². The first-order chi connectivity index (χ1) is 4.43. The van der Waals surface area contributed by atoms with Crippen molar-refractivity contribution in [2.24, 2.45) is 5.92 Å². The first-order valence-electron chi connectivity index (χ1n) is 3.57. The molecule has 1 aliphatic heterocycles. The Hall–Kier alpha value is 1.56. The average Bonchev–Trinajstić information content (AvgIpc) is 1.91. The van der Waals surface area contributed by atoms with Gasteiger partial charge in [-0.05, 0) is 18.8 Å². The van der Waals surface area contributed by atoms with Crippen LogP contribution in [0.5, 0.6) is 0 Å². The summed E-state index contributed by atoms with van der Waals surface area (Å²) in [5.74, 6) is 0.712. The van der Waals surface area contributed by atoms with Crippen LogP contribution in [0.25, 0.3) is 5.32 Å². The summed E-state index contributed by atoms with van der Waals surface area (Å²) in [5.41, 5.74) is 0. The third-order valence-corrected chi connectivity index (χ3v) is 1.70. The molecule has 0 aromatic rings. The largest absolute Gasteiger partial charge is 1.00 e. The molecule has 0 aromatic carbocycles. The zero-order valence-electron chi connectivity index (χ0n) is 6.97. The van der Waals surface area contributed by atoms with Gasteiger partial charge in [-0.3, -0.25) is 0 Å². The van der Waals surface area contributed by atoms with Crippen molar-refractivity contribution in [2.75, 3.05) is 26.8 Å². The molecule has 0 N–H and O–H groups in total. The summed E-state index contributed by atoms with van der Waals surface area (Å²) in [5, 5.41) is 4.08. The number of hydrogen-bond donors (Lipinski definition) is 0. The quantitative estimate of drug-likeness (QED) is 0.455. The summed E-state index contributed by atoms with van der Waals surface area (Å²) in [6.07, 6.45) is 2.53. The minimum Gasteiger partial charge on any atom is -0.665 e. The second kappa shape index (κ2) is 7.22. The van der Waals surface area contributed by atoms with Gasteiger partial charge in [-0.1, -0.05) is 0 Å². The molecular weight excluding hydrogens is 153 g/mol. The smallest absolute Gasteiger partial charge is 0.665 e. The summed E-state index contributed by atoms with van der Waals surface area (Å²) in [4.78, 5) is 0. The standard InChI is InChI=1S/C7H14NO.K/c1-8-5-7-3-2-4-9-6-7;/h7H,2-6H2,1H3;/q-1;+1. The Morgan fingerprint density at radius 3 is 2.90 bits per heavy atom. The van der Waals surface area contributed by atoms with E-state index in [0.29, 0.717) is 5.92 Å². The maximum absolute atomic E-state index is 5.27. The molecule has 10 heavy (non-hydrogen) atoms. The van der Waals surface area contributed by atoms with Crippen molar-refractivity contribution in [3.05, 3.63) is 5.32 Å². The molecule has 0 bridgehead atoms. The van der Waals surface area contributed by atoms with Gasteiger partial charge in [-0.15, -0.1) is 6.54 Å². The van der Waals surface area contributed by atoms with Crippen LogP contribution < -0.4 is 51.4 Å². The molecule has 1 rings (SSSR count). The third-order valence-electron chi connectivity index (χ3n) is 1.70. The van der Waals surface area contributed by atoms with Gasteiger partial charge in [-0.25, -0.2) is 0 Å². The Balaban J connectivity index is 0.000000810. The van der Waals surface area contributed by atoms with Gasteiger partial charge in [-0.2, -0.15) is 7.05 Å². The Kier molecular flexibility index (Phi) is 8.34. The van der Waals surface area contributed by atoms with E-state index < -0.39 is 0 Å². The van der Waals surface area contributed by atoms with Crippen LogP contribution in [0.1, 0.15) is 12.8 Å². The first-order valence-corrected chi connectivity index (χ1v) is 3.57. The molecular formula is C7H14KNO. The van der Waals surface area contributed by atoms with E-state index in [1.807, 2.05) is 7.05 Å². The molecule has 1 heterocycles. The van der Waals surface area contributed by atoms with Crippen LogP contribution in [0.3, 0.4) is 0 Å². The van der Waals surface area contributed by atoms with Crippen molar-refractivity contribution in [3.63, 3.8) is 0 Å². The van der Waals surface area contributed by atoms with E-state index in [9.17, 15) is 0 Å². The Labute approximate surface area is 106 Å². The van der Waals surface area contributed by atoms with Crippen LogP contribution in [-0.4, -0.2) is 26.8 Å². The molecule has 1 atom stereocenters. The number of hydrogen-bond acceptors (Lipinski definition) is 1. The molecule has 1 fully saturated rings. The maximum atomic E-state index is 5.27. The summed E-state index contributed by atoms with van der Waals surface area (Å²) < 4.78 is 5.27. The number of ether oxygens (including phenoxy) is 1. The third kappa shape index (κ3) is 4.44. The van der Waals surface area contributed by atoms with E-state index in [-0.39, 0.29) is 51.4 Å². The first kappa shape index (κ1) is 11.6. The van der Waals surface area contributed by atoms with Crippen LogP contribution in [0.2, 0.25) is 0 Å². The molecule has 0 saturated carbocycles. The zero-order chi connectivity index (χ0) is 6.53. The average molecular weight is 167 g/mol. The van der Waals surface area contributed by atoms with E-state index in [2.05, 4.69) is 5.32 Å². The summed E-state index contributed by atoms with van der Waals surface area (Å²) >= 11 is 0. The van der Waals surface area contributed by atoms with Gasteiger partial charge < -0.3 is 10.1 Å². The fraction of sp³-hybridized carbons (Fsp3) is 1.00.